The van der Waals surface area contributed by atoms with E-state index in [4.69, 9.17) is 10.1 Å². The van der Waals surface area contributed by atoms with Crippen LogP contribution in [0.1, 0.15) is 12.5 Å². The zero-order valence-electron chi connectivity index (χ0n) is 8.28. The molecule has 2 N–H and O–H groups in total. The van der Waals surface area contributed by atoms with E-state index in [1.165, 1.54) is 0 Å². The van der Waals surface area contributed by atoms with Crippen LogP contribution in [-0.4, -0.2) is 12.6 Å². The molecule has 0 spiro atoms. The Kier molecular flexibility index (Phi) is 4.13. The van der Waals surface area contributed by atoms with Gasteiger partial charge in [-0.05, 0) is 25.1 Å². The van der Waals surface area contributed by atoms with Gasteiger partial charge in [-0.15, -0.1) is 0 Å². The fourth-order valence-electron chi connectivity index (χ4n) is 0.961. The predicted octanol–water partition coefficient (Wildman–Crippen LogP) is 1.63. The number of carbonyl (C=O) groups excluding carboxylic acids is 1. The van der Waals surface area contributed by atoms with E-state index in [1.54, 1.807) is 31.2 Å². The predicted molar refractivity (Wildman–Crippen MR) is 54.9 cm³/mol. The number of nitrogens with one attached hydrogen (secondary N) is 2. The number of hydrogen-bond acceptors (Lipinski definition) is 3. The van der Waals surface area contributed by atoms with E-state index < -0.39 is 6.03 Å². The number of amides is 2. The molecule has 0 fully saturated rings. The summed E-state index contributed by atoms with van der Waals surface area (Å²) < 4.78 is 0. The van der Waals surface area contributed by atoms with Crippen LogP contribution in [0.5, 0.6) is 0 Å². The second-order valence-corrected chi connectivity index (χ2v) is 2.68. The van der Waals surface area contributed by atoms with Gasteiger partial charge in [0.1, 0.15) is 0 Å². The number of nitrogens with zero attached hydrogens (tertiary/aromatic N) is 1. The third-order valence-corrected chi connectivity index (χ3v) is 1.56. The first-order valence-electron chi connectivity index (χ1n) is 4.45. The van der Waals surface area contributed by atoms with E-state index in [2.05, 4.69) is 10.8 Å². The number of carbonyl (C=O) groups is 1. The van der Waals surface area contributed by atoms with Crippen LogP contribution < -0.4 is 10.8 Å². The Labute approximate surface area is 87.6 Å². The highest BCUT2D eigenvalue weighted by Crippen LogP contribution is 2.09. The number of hydroxylamine groups is 1. The van der Waals surface area contributed by atoms with Crippen molar-refractivity contribution >= 4 is 11.7 Å². The molecule has 0 aromatic heterocycles. The van der Waals surface area contributed by atoms with Crippen molar-refractivity contribution in [3.8, 4) is 6.07 Å². The van der Waals surface area contributed by atoms with Crippen molar-refractivity contribution < 1.29 is 9.63 Å². The van der Waals surface area contributed by atoms with E-state index in [-0.39, 0.29) is 0 Å². The molecular formula is C10H11N3O2. The minimum absolute atomic E-state index is 0.394. The van der Waals surface area contributed by atoms with Crippen LogP contribution in [0.25, 0.3) is 0 Å². The zero-order chi connectivity index (χ0) is 11.1. The van der Waals surface area contributed by atoms with Gasteiger partial charge in [0, 0.05) is 5.69 Å². The maximum Gasteiger partial charge on any atom is 0.343 e. The summed E-state index contributed by atoms with van der Waals surface area (Å²) in [4.78, 5) is 15.8. The minimum atomic E-state index is -0.466. The lowest BCUT2D eigenvalue weighted by Crippen LogP contribution is -2.28. The van der Waals surface area contributed by atoms with Gasteiger partial charge in [-0.1, -0.05) is 6.07 Å². The lowest BCUT2D eigenvalue weighted by Gasteiger charge is -2.06. The number of benzene rings is 1. The van der Waals surface area contributed by atoms with Crippen molar-refractivity contribution in [3.05, 3.63) is 29.8 Å². The minimum Gasteiger partial charge on any atom is -0.306 e. The summed E-state index contributed by atoms with van der Waals surface area (Å²) in [7, 11) is 0. The quantitative estimate of drug-likeness (QED) is 0.736. The van der Waals surface area contributed by atoms with Crippen molar-refractivity contribution in [1.82, 2.24) is 5.48 Å². The number of nitriles is 1. The Morgan fingerprint density at radius 2 is 2.40 bits per heavy atom. The molecule has 1 rings (SSSR count). The smallest absolute Gasteiger partial charge is 0.306 e. The van der Waals surface area contributed by atoms with Crippen molar-refractivity contribution in [1.29, 1.82) is 5.26 Å². The number of urea groups is 1. The van der Waals surface area contributed by atoms with Crippen LogP contribution in [-0.2, 0) is 4.84 Å². The number of rotatable bonds is 3. The van der Waals surface area contributed by atoms with E-state index in [0.29, 0.717) is 17.9 Å². The lowest BCUT2D eigenvalue weighted by molar-refractivity contribution is 0.0758. The molecule has 0 saturated carbocycles. The maximum atomic E-state index is 11.1. The van der Waals surface area contributed by atoms with Crippen molar-refractivity contribution in [2.45, 2.75) is 6.92 Å². The molecule has 0 saturated heterocycles. The molecule has 2 amide bonds. The van der Waals surface area contributed by atoms with Crippen molar-refractivity contribution in [3.63, 3.8) is 0 Å². The summed E-state index contributed by atoms with van der Waals surface area (Å²) in [5, 5.41) is 11.2. The highest BCUT2D eigenvalue weighted by molar-refractivity contribution is 5.88. The summed E-state index contributed by atoms with van der Waals surface area (Å²) >= 11 is 0. The molecular weight excluding hydrogens is 194 g/mol. The van der Waals surface area contributed by atoms with Gasteiger partial charge >= 0.3 is 6.03 Å². The molecule has 0 radical (unpaired) electrons. The van der Waals surface area contributed by atoms with Crippen LogP contribution >= 0.6 is 0 Å². The monoisotopic (exact) mass is 205 g/mol. The molecule has 0 aliphatic carbocycles. The van der Waals surface area contributed by atoms with Gasteiger partial charge in [-0.3, -0.25) is 4.84 Å². The molecule has 1 aromatic rings. The molecule has 78 valence electrons. The second kappa shape index (κ2) is 5.62. The Balaban J connectivity index is 2.57. The van der Waals surface area contributed by atoms with Crippen LogP contribution in [0.3, 0.4) is 0 Å². The largest absolute Gasteiger partial charge is 0.343 e. The van der Waals surface area contributed by atoms with Gasteiger partial charge in [-0.2, -0.15) is 5.26 Å². The molecule has 5 nitrogen and oxygen atoms in total. The third kappa shape index (κ3) is 3.67. The molecule has 1 aromatic carbocycles. The number of anilines is 1. The molecule has 15 heavy (non-hydrogen) atoms. The van der Waals surface area contributed by atoms with E-state index in [0.717, 1.165) is 0 Å². The van der Waals surface area contributed by atoms with Crippen molar-refractivity contribution in [2.24, 2.45) is 0 Å². The molecule has 0 unspecified atom stereocenters. The average molecular weight is 205 g/mol. The van der Waals surface area contributed by atoms with Crippen LogP contribution in [0.15, 0.2) is 24.3 Å². The second-order valence-electron chi connectivity index (χ2n) is 2.68. The Morgan fingerprint density at radius 3 is 3.07 bits per heavy atom. The normalized spacial score (nSPS) is 9.07. The number of hydrogen-bond donors (Lipinski definition) is 2. The third-order valence-electron chi connectivity index (χ3n) is 1.56. The Bertz CT molecular complexity index is 384. The highest BCUT2D eigenvalue weighted by atomic mass is 16.7. The molecule has 0 bridgehead atoms. The van der Waals surface area contributed by atoms with Gasteiger partial charge < -0.3 is 5.32 Å². The van der Waals surface area contributed by atoms with Gasteiger partial charge in [0.25, 0.3) is 0 Å². The fourth-order valence-corrected chi connectivity index (χ4v) is 0.961. The molecule has 0 heterocycles. The van der Waals surface area contributed by atoms with Crippen LogP contribution in [0.2, 0.25) is 0 Å². The average Bonchev–Trinajstić information content (AvgIpc) is 2.26. The first-order chi connectivity index (χ1) is 7.26. The topological polar surface area (TPSA) is 74.2 Å². The van der Waals surface area contributed by atoms with Gasteiger partial charge in [0.2, 0.25) is 0 Å². The summed E-state index contributed by atoms with van der Waals surface area (Å²) in [6.07, 6.45) is 0. The molecule has 5 heteroatoms. The first-order valence-corrected chi connectivity index (χ1v) is 4.45. The Morgan fingerprint density at radius 1 is 1.60 bits per heavy atom. The molecule has 0 aliphatic rings. The van der Waals surface area contributed by atoms with Gasteiger partial charge in [0.05, 0.1) is 18.2 Å². The lowest BCUT2D eigenvalue weighted by atomic mass is 10.2. The molecule has 0 atom stereocenters. The van der Waals surface area contributed by atoms with E-state index >= 15 is 0 Å². The van der Waals surface area contributed by atoms with Gasteiger partial charge in [0.15, 0.2) is 0 Å². The highest BCUT2D eigenvalue weighted by Gasteiger charge is 2.00. The summed E-state index contributed by atoms with van der Waals surface area (Å²) in [6, 6.07) is 8.12. The van der Waals surface area contributed by atoms with Gasteiger partial charge in [-0.25, -0.2) is 10.3 Å². The SMILES string of the molecule is CCONC(=O)Nc1cccc(C#N)c1. The van der Waals surface area contributed by atoms with E-state index in [9.17, 15) is 4.79 Å². The summed E-state index contributed by atoms with van der Waals surface area (Å²) in [5.74, 6) is 0. The fraction of sp³-hybridized carbons (Fsp3) is 0.200. The zero-order valence-corrected chi connectivity index (χ0v) is 8.28. The van der Waals surface area contributed by atoms with E-state index in [1.807, 2.05) is 6.07 Å². The summed E-state index contributed by atoms with van der Waals surface area (Å²) in [5.41, 5.74) is 3.22. The van der Waals surface area contributed by atoms with Crippen LogP contribution in [0.4, 0.5) is 10.5 Å². The Hall–Kier alpha value is -2.06. The molecule has 0 aliphatic heterocycles. The summed E-state index contributed by atoms with van der Waals surface area (Å²) in [6.45, 7) is 2.15. The van der Waals surface area contributed by atoms with Crippen LogP contribution in [0, 0.1) is 11.3 Å². The first kappa shape index (κ1) is 11.0. The standard InChI is InChI=1S/C10H11N3O2/c1-2-15-13-10(14)12-9-5-3-4-8(6-9)7-11/h3-6H,2H2,1H3,(H2,12,13,14). The maximum absolute atomic E-state index is 11.1. The van der Waals surface area contributed by atoms with Crippen molar-refractivity contribution in [2.75, 3.05) is 11.9 Å².